The van der Waals surface area contributed by atoms with E-state index in [-0.39, 0.29) is 12.5 Å². The van der Waals surface area contributed by atoms with Crippen LogP contribution in [0.4, 0.5) is 5.82 Å². The van der Waals surface area contributed by atoms with Gasteiger partial charge in [0.15, 0.2) is 0 Å². The molecule has 0 atom stereocenters. The van der Waals surface area contributed by atoms with E-state index in [2.05, 4.69) is 17.3 Å². The lowest BCUT2D eigenvalue weighted by molar-refractivity contribution is -0.121. The van der Waals surface area contributed by atoms with Crippen molar-refractivity contribution in [2.45, 2.75) is 45.6 Å². The van der Waals surface area contributed by atoms with Crippen LogP contribution in [0.5, 0.6) is 0 Å². The van der Waals surface area contributed by atoms with Gasteiger partial charge in [-0.3, -0.25) is 9.48 Å². The molecule has 0 aromatic carbocycles. The molecule has 1 heterocycles. The van der Waals surface area contributed by atoms with Gasteiger partial charge in [0.1, 0.15) is 12.4 Å². The number of nitrogens with zero attached hydrogens (tertiary/aromatic N) is 2. The Kier molecular flexibility index (Phi) is 4.82. The largest absolute Gasteiger partial charge is 0.382 e. The molecule has 1 saturated carbocycles. The van der Waals surface area contributed by atoms with Crippen LogP contribution in [-0.2, 0) is 11.3 Å². The molecular formula is C14H24N4O. The minimum absolute atomic E-state index is 0.00674. The van der Waals surface area contributed by atoms with Gasteiger partial charge in [-0.25, -0.2) is 0 Å². The molecule has 0 unspecified atom stereocenters. The van der Waals surface area contributed by atoms with Crippen molar-refractivity contribution in [2.75, 3.05) is 12.3 Å². The van der Waals surface area contributed by atoms with Crippen LogP contribution < -0.4 is 11.1 Å². The molecule has 0 aliphatic heterocycles. The summed E-state index contributed by atoms with van der Waals surface area (Å²) in [5.74, 6) is 2.13. The summed E-state index contributed by atoms with van der Waals surface area (Å²) < 4.78 is 1.56. The maximum Gasteiger partial charge on any atom is 0.241 e. The zero-order valence-electron chi connectivity index (χ0n) is 11.6. The molecule has 1 amide bonds. The number of rotatable bonds is 5. The lowest BCUT2D eigenvalue weighted by Gasteiger charge is -2.26. The van der Waals surface area contributed by atoms with Crippen LogP contribution in [0.3, 0.4) is 0 Å². The maximum absolute atomic E-state index is 11.7. The average molecular weight is 264 g/mol. The van der Waals surface area contributed by atoms with Gasteiger partial charge < -0.3 is 11.1 Å². The number of aromatic nitrogens is 2. The zero-order valence-corrected chi connectivity index (χ0v) is 11.6. The van der Waals surface area contributed by atoms with E-state index < -0.39 is 0 Å². The summed E-state index contributed by atoms with van der Waals surface area (Å²) in [4.78, 5) is 11.7. The first-order chi connectivity index (χ1) is 9.13. The summed E-state index contributed by atoms with van der Waals surface area (Å²) in [5, 5.41) is 6.95. The minimum atomic E-state index is 0.00674. The molecule has 3 N–H and O–H groups in total. The molecule has 2 rings (SSSR count). The highest BCUT2D eigenvalue weighted by Gasteiger charge is 2.17. The molecule has 0 radical (unpaired) electrons. The second-order valence-electron chi connectivity index (χ2n) is 5.70. The predicted molar refractivity (Wildman–Crippen MR) is 75.4 cm³/mol. The van der Waals surface area contributed by atoms with Crippen LogP contribution in [-0.4, -0.2) is 22.2 Å². The summed E-state index contributed by atoms with van der Waals surface area (Å²) in [6.45, 7) is 3.35. The fourth-order valence-corrected chi connectivity index (χ4v) is 2.70. The maximum atomic E-state index is 11.7. The van der Waals surface area contributed by atoms with Gasteiger partial charge in [0, 0.05) is 12.7 Å². The smallest absolute Gasteiger partial charge is 0.241 e. The predicted octanol–water partition coefficient (Wildman–Crippen LogP) is 1.80. The van der Waals surface area contributed by atoms with E-state index in [0.717, 1.165) is 24.8 Å². The molecular weight excluding hydrogens is 240 g/mol. The van der Waals surface area contributed by atoms with Gasteiger partial charge in [-0.15, -0.1) is 0 Å². The summed E-state index contributed by atoms with van der Waals surface area (Å²) in [7, 11) is 0. The third-order valence-corrected chi connectivity index (χ3v) is 3.98. The van der Waals surface area contributed by atoms with Crippen molar-refractivity contribution in [1.82, 2.24) is 15.1 Å². The molecule has 0 saturated heterocycles. The van der Waals surface area contributed by atoms with Gasteiger partial charge in [-0.1, -0.05) is 32.6 Å². The molecule has 1 aromatic heterocycles. The third-order valence-electron chi connectivity index (χ3n) is 3.98. The molecule has 5 nitrogen and oxygen atoms in total. The highest BCUT2D eigenvalue weighted by Crippen LogP contribution is 2.29. The van der Waals surface area contributed by atoms with Crippen molar-refractivity contribution in [2.24, 2.45) is 11.8 Å². The quantitative estimate of drug-likeness (QED) is 0.851. The van der Waals surface area contributed by atoms with Crippen LogP contribution in [0.15, 0.2) is 12.3 Å². The summed E-state index contributed by atoms with van der Waals surface area (Å²) >= 11 is 0. The SMILES string of the molecule is CC1CCC(CCNC(=O)Cn2ccc(N)n2)CC1. The van der Waals surface area contributed by atoms with Gasteiger partial charge >= 0.3 is 0 Å². The number of carbonyl (C=O) groups excluding carboxylic acids is 1. The van der Waals surface area contributed by atoms with Crippen LogP contribution in [0, 0.1) is 11.8 Å². The standard InChI is InChI=1S/C14H24N4O/c1-11-2-4-12(5-3-11)6-8-16-14(19)10-18-9-7-13(15)17-18/h7,9,11-12H,2-6,8,10H2,1H3,(H2,15,17)(H,16,19). The second kappa shape index (κ2) is 6.59. The number of nitrogens with one attached hydrogen (secondary N) is 1. The molecule has 0 bridgehead atoms. The number of nitrogen functional groups attached to an aromatic ring is 1. The Morgan fingerprint density at radius 1 is 1.47 bits per heavy atom. The Bertz CT molecular complexity index is 407. The fourth-order valence-electron chi connectivity index (χ4n) is 2.70. The number of amides is 1. The van der Waals surface area contributed by atoms with Crippen molar-refractivity contribution >= 4 is 11.7 Å². The van der Waals surface area contributed by atoms with Crippen LogP contribution in [0.25, 0.3) is 0 Å². The van der Waals surface area contributed by atoms with Gasteiger partial charge in [0.25, 0.3) is 0 Å². The lowest BCUT2D eigenvalue weighted by atomic mass is 9.81. The topological polar surface area (TPSA) is 72.9 Å². The van der Waals surface area contributed by atoms with E-state index in [1.807, 2.05) is 0 Å². The first kappa shape index (κ1) is 13.9. The fraction of sp³-hybridized carbons (Fsp3) is 0.714. The van der Waals surface area contributed by atoms with Crippen molar-refractivity contribution in [3.63, 3.8) is 0 Å². The third kappa shape index (κ3) is 4.58. The van der Waals surface area contributed by atoms with Gasteiger partial charge in [-0.05, 0) is 24.3 Å². The van der Waals surface area contributed by atoms with Crippen molar-refractivity contribution in [3.8, 4) is 0 Å². The summed E-state index contributed by atoms with van der Waals surface area (Å²) in [6, 6.07) is 1.69. The van der Waals surface area contributed by atoms with E-state index in [1.165, 1.54) is 25.7 Å². The molecule has 5 heteroatoms. The highest BCUT2D eigenvalue weighted by atomic mass is 16.2. The van der Waals surface area contributed by atoms with Crippen molar-refractivity contribution in [3.05, 3.63) is 12.3 Å². The average Bonchev–Trinajstić information content (AvgIpc) is 2.77. The summed E-state index contributed by atoms with van der Waals surface area (Å²) in [5.41, 5.74) is 5.50. The minimum Gasteiger partial charge on any atom is -0.382 e. The normalized spacial score (nSPS) is 23.2. The molecule has 19 heavy (non-hydrogen) atoms. The Hall–Kier alpha value is -1.52. The van der Waals surface area contributed by atoms with E-state index in [1.54, 1.807) is 16.9 Å². The molecule has 1 aromatic rings. The first-order valence-corrected chi connectivity index (χ1v) is 7.19. The Morgan fingerprint density at radius 2 is 2.21 bits per heavy atom. The first-order valence-electron chi connectivity index (χ1n) is 7.19. The summed E-state index contributed by atoms with van der Waals surface area (Å²) in [6.07, 6.45) is 8.12. The zero-order chi connectivity index (χ0) is 13.7. The monoisotopic (exact) mass is 264 g/mol. The van der Waals surface area contributed by atoms with Gasteiger partial charge in [0.05, 0.1) is 0 Å². The van der Waals surface area contributed by atoms with Crippen LogP contribution in [0.2, 0.25) is 0 Å². The number of hydrogen-bond donors (Lipinski definition) is 2. The van der Waals surface area contributed by atoms with Crippen LogP contribution >= 0.6 is 0 Å². The molecule has 106 valence electrons. The van der Waals surface area contributed by atoms with E-state index in [0.29, 0.717) is 5.82 Å². The molecule has 1 fully saturated rings. The van der Waals surface area contributed by atoms with Gasteiger partial charge in [-0.2, -0.15) is 5.10 Å². The number of carbonyl (C=O) groups is 1. The molecule has 1 aliphatic carbocycles. The Balaban J connectivity index is 1.61. The second-order valence-corrected chi connectivity index (χ2v) is 5.70. The Morgan fingerprint density at radius 3 is 2.84 bits per heavy atom. The molecule has 0 spiro atoms. The Labute approximate surface area is 114 Å². The van der Waals surface area contributed by atoms with E-state index >= 15 is 0 Å². The number of anilines is 1. The van der Waals surface area contributed by atoms with Crippen molar-refractivity contribution in [1.29, 1.82) is 0 Å². The van der Waals surface area contributed by atoms with Gasteiger partial charge in [0.2, 0.25) is 5.91 Å². The van der Waals surface area contributed by atoms with Crippen molar-refractivity contribution < 1.29 is 4.79 Å². The lowest BCUT2D eigenvalue weighted by Crippen LogP contribution is -2.30. The molecule has 1 aliphatic rings. The van der Waals surface area contributed by atoms with E-state index in [4.69, 9.17) is 5.73 Å². The van der Waals surface area contributed by atoms with Crippen LogP contribution in [0.1, 0.15) is 39.0 Å². The number of nitrogens with two attached hydrogens (primary N) is 1. The highest BCUT2D eigenvalue weighted by molar-refractivity contribution is 5.75. The van der Waals surface area contributed by atoms with E-state index in [9.17, 15) is 4.79 Å². The number of hydrogen-bond acceptors (Lipinski definition) is 3.